The van der Waals surface area contributed by atoms with Crippen LogP contribution in [0, 0.1) is 6.92 Å². The van der Waals surface area contributed by atoms with Crippen molar-refractivity contribution in [3.63, 3.8) is 0 Å². The van der Waals surface area contributed by atoms with Crippen molar-refractivity contribution >= 4 is 71.5 Å². The molecule has 0 spiro atoms. The highest BCUT2D eigenvalue weighted by molar-refractivity contribution is 9.10. The van der Waals surface area contributed by atoms with Gasteiger partial charge in [-0.25, -0.2) is 10.4 Å². The first kappa shape index (κ1) is 24.4. The molecule has 3 aromatic carbocycles. The van der Waals surface area contributed by atoms with Crippen LogP contribution in [0.1, 0.15) is 11.1 Å². The van der Waals surface area contributed by atoms with Gasteiger partial charge in [-0.15, -0.1) is 11.3 Å². The molecule has 4 aromatic rings. The molecular formula is C23H18BrN3O4S3. The van der Waals surface area contributed by atoms with E-state index < -0.39 is 10.1 Å². The number of hydrogen-bond acceptors (Lipinski definition) is 8. The van der Waals surface area contributed by atoms with Crippen LogP contribution in [0.4, 0.5) is 0 Å². The number of aryl methyl sites for hydroxylation is 1. The van der Waals surface area contributed by atoms with Gasteiger partial charge in [-0.3, -0.25) is 4.79 Å². The second-order valence-electron chi connectivity index (χ2n) is 7.07. The minimum Gasteiger partial charge on any atom is -0.378 e. The smallest absolute Gasteiger partial charge is 0.339 e. The van der Waals surface area contributed by atoms with Crippen molar-refractivity contribution in [2.45, 2.75) is 16.2 Å². The molecule has 1 heterocycles. The number of halogens is 1. The Bertz CT molecular complexity index is 1440. The van der Waals surface area contributed by atoms with Crippen molar-refractivity contribution in [2.75, 3.05) is 5.75 Å². The molecule has 0 saturated heterocycles. The van der Waals surface area contributed by atoms with Gasteiger partial charge in [0.25, 0.3) is 5.91 Å². The maximum Gasteiger partial charge on any atom is 0.339 e. The number of thiazole rings is 1. The fourth-order valence-electron chi connectivity index (χ4n) is 2.79. The van der Waals surface area contributed by atoms with Gasteiger partial charge in [-0.2, -0.15) is 13.5 Å². The lowest BCUT2D eigenvalue weighted by Gasteiger charge is -2.09. The van der Waals surface area contributed by atoms with Crippen LogP contribution in [0.2, 0.25) is 0 Å². The lowest BCUT2D eigenvalue weighted by molar-refractivity contribution is -0.118. The Morgan fingerprint density at radius 1 is 1.18 bits per heavy atom. The van der Waals surface area contributed by atoms with Crippen LogP contribution < -0.4 is 9.61 Å². The second kappa shape index (κ2) is 10.7. The van der Waals surface area contributed by atoms with Crippen LogP contribution >= 0.6 is 39.0 Å². The number of nitrogens with one attached hydrogen (secondary N) is 1. The van der Waals surface area contributed by atoms with Crippen LogP contribution in [-0.2, 0) is 14.9 Å². The molecular weight excluding hydrogens is 558 g/mol. The summed E-state index contributed by atoms with van der Waals surface area (Å²) in [7, 11) is -3.96. The Labute approximate surface area is 213 Å². The Morgan fingerprint density at radius 3 is 2.68 bits per heavy atom. The molecule has 1 N–H and O–H groups in total. The van der Waals surface area contributed by atoms with Gasteiger partial charge in [0.15, 0.2) is 10.1 Å². The van der Waals surface area contributed by atoms with E-state index >= 15 is 0 Å². The average molecular weight is 577 g/mol. The Morgan fingerprint density at radius 2 is 1.94 bits per heavy atom. The Hall–Kier alpha value is -2.73. The van der Waals surface area contributed by atoms with Crippen LogP contribution in [0.3, 0.4) is 0 Å². The maximum atomic E-state index is 12.5. The summed E-state index contributed by atoms with van der Waals surface area (Å²) in [5.41, 5.74) is 4.99. The Balaban J connectivity index is 1.32. The van der Waals surface area contributed by atoms with E-state index in [-0.39, 0.29) is 22.3 Å². The van der Waals surface area contributed by atoms with Crippen LogP contribution in [0.25, 0.3) is 10.2 Å². The van der Waals surface area contributed by atoms with E-state index in [0.29, 0.717) is 10.0 Å². The molecule has 34 heavy (non-hydrogen) atoms. The van der Waals surface area contributed by atoms with E-state index in [2.05, 4.69) is 31.4 Å². The molecule has 0 fully saturated rings. The van der Waals surface area contributed by atoms with Gasteiger partial charge in [0.2, 0.25) is 0 Å². The van der Waals surface area contributed by atoms with Crippen LogP contribution in [0.15, 0.2) is 85.5 Å². The zero-order valence-corrected chi connectivity index (χ0v) is 21.8. The maximum absolute atomic E-state index is 12.5. The summed E-state index contributed by atoms with van der Waals surface area (Å²) in [5.74, 6) is 0.0718. The topological polar surface area (TPSA) is 97.7 Å². The Kier molecular flexibility index (Phi) is 7.67. The quantitative estimate of drug-likeness (QED) is 0.131. The third-order valence-corrected chi connectivity index (χ3v) is 8.52. The molecule has 7 nitrogen and oxygen atoms in total. The number of para-hydroxylation sites is 1. The van der Waals surface area contributed by atoms with Crippen LogP contribution in [0.5, 0.6) is 5.75 Å². The lowest BCUT2D eigenvalue weighted by atomic mass is 10.2. The summed E-state index contributed by atoms with van der Waals surface area (Å²) in [6, 6.07) is 19.0. The third kappa shape index (κ3) is 6.23. The number of thioether (sulfide) groups is 1. The van der Waals surface area contributed by atoms with E-state index in [1.807, 2.05) is 31.2 Å². The molecule has 0 radical (unpaired) electrons. The molecule has 1 amide bonds. The van der Waals surface area contributed by atoms with Gasteiger partial charge in [0.05, 0.1) is 26.7 Å². The van der Waals surface area contributed by atoms with Gasteiger partial charge in [-0.05, 0) is 70.9 Å². The number of carbonyl (C=O) groups is 1. The standard InChI is InChI=1S/C23H18BrN3O4S3/c1-15-6-9-17(10-7-15)34(29,30)31-20-11-8-16(12-18(20)24)13-25-27-22(28)14-32-23-26-19-4-2-3-5-21(19)33-23/h2-13H,14H2,1H3,(H,27,28)/b25-13+. The first-order valence-corrected chi connectivity index (χ1v) is 13.9. The highest BCUT2D eigenvalue weighted by atomic mass is 79.9. The average Bonchev–Trinajstić information content (AvgIpc) is 3.23. The van der Waals surface area contributed by atoms with Crippen molar-refractivity contribution < 1.29 is 17.4 Å². The largest absolute Gasteiger partial charge is 0.378 e. The van der Waals surface area contributed by atoms with Crippen molar-refractivity contribution in [1.29, 1.82) is 0 Å². The van der Waals surface area contributed by atoms with Gasteiger partial charge < -0.3 is 4.18 Å². The molecule has 0 aliphatic carbocycles. The molecule has 0 bridgehead atoms. The summed E-state index contributed by atoms with van der Waals surface area (Å²) in [6.45, 7) is 1.87. The molecule has 0 aliphatic heterocycles. The van der Waals surface area contributed by atoms with E-state index in [4.69, 9.17) is 4.18 Å². The first-order chi connectivity index (χ1) is 16.3. The normalized spacial score (nSPS) is 11.7. The summed E-state index contributed by atoms with van der Waals surface area (Å²) in [4.78, 5) is 16.6. The summed E-state index contributed by atoms with van der Waals surface area (Å²) < 4.78 is 32.6. The fourth-order valence-corrected chi connectivity index (χ4v) is 6.18. The number of aromatic nitrogens is 1. The number of nitrogens with zero attached hydrogens (tertiary/aromatic N) is 2. The third-order valence-electron chi connectivity index (χ3n) is 4.47. The van der Waals surface area contributed by atoms with Gasteiger partial charge >= 0.3 is 10.1 Å². The van der Waals surface area contributed by atoms with Gasteiger partial charge in [0.1, 0.15) is 4.90 Å². The van der Waals surface area contributed by atoms with Crippen molar-refractivity contribution in [3.8, 4) is 5.75 Å². The minimum absolute atomic E-state index is 0.0714. The number of carbonyl (C=O) groups excluding carboxylic acids is 1. The molecule has 0 aliphatic rings. The number of fused-ring (bicyclic) bond motifs is 1. The molecule has 11 heteroatoms. The molecule has 0 saturated carbocycles. The van der Waals surface area contributed by atoms with E-state index in [1.54, 1.807) is 24.3 Å². The van der Waals surface area contributed by atoms with Gasteiger partial charge in [-0.1, -0.05) is 41.6 Å². The number of hydrazone groups is 1. The zero-order chi connectivity index (χ0) is 24.1. The van der Waals surface area contributed by atoms with E-state index in [1.165, 1.54) is 47.5 Å². The van der Waals surface area contributed by atoms with E-state index in [0.717, 1.165) is 20.1 Å². The van der Waals surface area contributed by atoms with Crippen molar-refractivity contribution in [3.05, 3.63) is 82.3 Å². The van der Waals surface area contributed by atoms with Crippen LogP contribution in [-0.4, -0.2) is 31.3 Å². The fraction of sp³-hybridized carbons (Fsp3) is 0.0870. The highest BCUT2D eigenvalue weighted by Gasteiger charge is 2.18. The number of amides is 1. The second-order valence-corrected chi connectivity index (χ2v) is 11.7. The molecule has 0 atom stereocenters. The summed E-state index contributed by atoms with van der Waals surface area (Å²) in [6.07, 6.45) is 1.46. The lowest BCUT2D eigenvalue weighted by Crippen LogP contribution is -2.19. The number of benzene rings is 3. The zero-order valence-electron chi connectivity index (χ0n) is 17.8. The van der Waals surface area contributed by atoms with E-state index in [9.17, 15) is 13.2 Å². The predicted octanol–water partition coefficient (Wildman–Crippen LogP) is 5.38. The summed E-state index contributed by atoms with van der Waals surface area (Å²) >= 11 is 6.21. The number of hydrogen-bond donors (Lipinski definition) is 1. The predicted molar refractivity (Wildman–Crippen MR) is 139 cm³/mol. The monoisotopic (exact) mass is 575 g/mol. The molecule has 174 valence electrons. The molecule has 0 unspecified atom stereocenters. The van der Waals surface area contributed by atoms with Gasteiger partial charge in [0, 0.05) is 0 Å². The number of rotatable bonds is 8. The molecule has 4 rings (SSSR count). The molecule has 1 aromatic heterocycles. The summed E-state index contributed by atoms with van der Waals surface area (Å²) in [5, 5.41) is 3.96. The first-order valence-electron chi connectivity index (χ1n) is 9.91. The van der Waals surface area contributed by atoms with Crippen molar-refractivity contribution in [1.82, 2.24) is 10.4 Å². The van der Waals surface area contributed by atoms with Crippen molar-refractivity contribution in [2.24, 2.45) is 5.10 Å². The minimum atomic E-state index is -3.96. The SMILES string of the molecule is Cc1ccc(S(=O)(=O)Oc2ccc(/C=N/NC(=O)CSc3nc4ccccc4s3)cc2Br)cc1. The highest BCUT2D eigenvalue weighted by Crippen LogP contribution is 2.30.